The summed E-state index contributed by atoms with van der Waals surface area (Å²) in [5.74, 6) is -0.397. The first-order valence-electron chi connectivity index (χ1n) is 10.0. The largest absolute Gasteiger partial charge is 0.319 e. The summed E-state index contributed by atoms with van der Waals surface area (Å²) in [5.41, 5.74) is 1.40. The van der Waals surface area contributed by atoms with Crippen molar-refractivity contribution in [3.63, 3.8) is 0 Å². The first-order valence-corrected chi connectivity index (χ1v) is 12.3. The number of aryl methyl sites for hydroxylation is 1. The van der Waals surface area contributed by atoms with Gasteiger partial charge in [-0.15, -0.1) is 0 Å². The number of benzene rings is 3. The van der Waals surface area contributed by atoms with E-state index < -0.39 is 15.9 Å². The molecule has 1 heterocycles. The molecule has 0 bridgehead atoms. The minimum atomic E-state index is -3.53. The fourth-order valence-electron chi connectivity index (χ4n) is 3.75. The smallest absolute Gasteiger partial charge is 0.279 e. The van der Waals surface area contributed by atoms with Crippen molar-refractivity contribution in [2.24, 2.45) is 12.0 Å². The third kappa shape index (κ3) is 3.50. The topological polar surface area (TPSA) is 71.7 Å². The number of carbonyl (C=O) groups excluding carboxylic acids is 1. The number of rotatable bonds is 4. The van der Waals surface area contributed by atoms with Crippen LogP contribution in [0.4, 0.5) is 0 Å². The van der Waals surface area contributed by atoms with Gasteiger partial charge in [-0.2, -0.15) is 9.30 Å². The fourth-order valence-corrected chi connectivity index (χ4v) is 6.19. The van der Waals surface area contributed by atoms with Crippen LogP contribution in [0.5, 0.6) is 0 Å². The molecule has 1 aliphatic rings. The second kappa shape index (κ2) is 7.40. The lowest BCUT2D eigenvalue weighted by Gasteiger charge is -2.16. The van der Waals surface area contributed by atoms with E-state index in [2.05, 4.69) is 23.2 Å². The molecule has 6 nitrogen and oxygen atoms in total. The van der Waals surface area contributed by atoms with E-state index in [0.29, 0.717) is 10.4 Å². The van der Waals surface area contributed by atoms with Gasteiger partial charge in [-0.25, -0.2) is 8.42 Å². The molecule has 0 atom stereocenters. The van der Waals surface area contributed by atoms with Gasteiger partial charge >= 0.3 is 0 Å². The predicted molar refractivity (Wildman–Crippen MR) is 123 cm³/mol. The Morgan fingerprint density at radius 2 is 1.77 bits per heavy atom. The highest BCUT2D eigenvalue weighted by Crippen LogP contribution is 2.30. The van der Waals surface area contributed by atoms with Gasteiger partial charge in [-0.1, -0.05) is 41.7 Å². The van der Waals surface area contributed by atoms with Gasteiger partial charge in [-0.05, 0) is 48.6 Å². The van der Waals surface area contributed by atoms with E-state index in [4.69, 9.17) is 0 Å². The van der Waals surface area contributed by atoms with Crippen LogP contribution < -0.4 is 4.80 Å². The second-order valence-corrected chi connectivity index (χ2v) is 10.8. The summed E-state index contributed by atoms with van der Waals surface area (Å²) in [6.45, 7) is 0. The van der Waals surface area contributed by atoms with Crippen molar-refractivity contribution in [3.05, 3.63) is 71.0 Å². The molecular weight excluding hydrogens is 430 g/mol. The summed E-state index contributed by atoms with van der Waals surface area (Å²) in [6, 6.07) is 18.3. The average molecular weight is 452 g/mol. The standard InChI is InChI=1S/C23H21N3O3S2/c1-25-21-19-6-4-3-5-15(19)9-14-20(21)30-23(25)24-22(27)16-7-12-18(13-8-16)31(28,29)26(2)17-10-11-17/h3-9,12-14,17H,10-11H2,1-2H3. The maximum atomic E-state index is 12.8. The second-order valence-electron chi connectivity index (χ2n) is 7.77. The quantitative estimate of drug-likeness (QED) is 0.472. The molecule has 31 heavy (non-hydrogen) atoms. The lowest BCUT2D eigenvalue weighted by Crippen LogP contribution is -2.28. The SMILES string of the molecule is CN(C1CC1)S(=O)(=O)c1ccc(C(=O)N=c2sc3ccc4ccccc4c3n2C)cc1. The van der Waals surface area contributed by atoms with E-state index in [-0.39, 0.29) is 10.9 Å². The molecule has 8 heteroatoms. The number of hydrogen-bond donors (Lipinski definition) is 0. The van der Waals surface area contributed by atoms with Gasteiger partial charge in [0.25, 0.3) is 5.91 Å². The zero-order valence-electron chi connectivity index (χ0n) is 17.1. The van der Waals surface area contributed by atoms with E-state index in [1.807, 2.05) is 29.8 Å². The van der Waals surface area contributed by atoms with Gasteiger partial charge in [0.05, 0.1) is 15.1 Å². The molecule has 1 fully saturated rings. The molecule has 3 aromatic carbocycles. The van der Waals surface area contributed by atoms with Crippen molar-refractivity contribution in [2.45, 2.75) is 23.8 Å². The molecule has 1 aliphatic carbocycles. The Kier molecular flexibility index (Phi) is 4.80. The Morgan fingerprint density at radius 1 is 1.06 bits per heavy atom. The fraction of sp³-hybridized carbons (Fsp3) is 0.217. The number of hydrogen-bond acceptors (Lipinski definition) is 4. The van der Waals surface area contributed by atoms with Crippen molar-refractivity contribution in [3.8, 4) is 0 Å². The Labute approximate surface area is 184 Å². The van der Waals surface area contributed by atoms with Crippen molar-refractivity contribution in [1.29, 1.82) is 0 Å². The monoisotopic (exact) mass is 451 g/mol. The molecule has 1 amide bonds. The average Bonchev–Trinajstić information content (AvgIpc) is 3.58. The molecular formula is C23H21N3O3S2. The minimum absolute atomic E-state index is 0.0883. The van der Waals surface area contributed by atoms with Crippen molar-refractivity contribution in [2.75, 3.05) is 7.05 Å². The number of nitrogens with zero attached hydrogens (tertiary/aromatic N) is 3. The predicted octanol–water partition coefficient (Wildman–Crippen LogP) is 3.92. The molecule has 0 spiro atoms. The van der Waals surface area contributed by atoms with Crippen LogP contribution in [0.2, 0.25) is 0 Å². The van der Waals surface area contributed by atoms with Crippen LogP contribution >= 0.6 is 11.3 Å². The molecule has 0 aliphatic heterocycles. The Morgan fingerprint density at radius 3 is 2.48 bits per heavy atom. The minimum Gasteiger partial charge on any atom is -0.319 e. The highest BCUT2D eigenvalue weighted by molar-refractivity contribution is 7.89. The molecule has 0 N–H and O–H groups in total. The van der Waals surface area contributed by atoms with E-state index in [1.165, 1.54) is 39.9 Å². The molecule has 5 rings (SSSR count). The van der Waals surface area contributed by atoms with Crippen LogP contribution in [0, 0.1) is 0 Å². The summed E-state index contributed by atoms with van der Waals surface area (Å²) >= 11 is 1.46. The summed E-state index contributed by atoms with van der Waals surface area (Å²) < 4.78 is 29.7. The van der Waals surface area contributed by atoms with Gasteiger partial charge in [0.15, 0.2) is 4.80 Å². The van der Waals surface area contributed by atoms with Gasteiger partial charge in [0, 0.05) is 31.1 Å². The summed E-state index contributed by atoms with van der Waals surface area (Å²) in [6.07, 6.45) is 1.79. The first-order chi connectivity index (χ1) is 14.9. The summed E-state index contributed by atoms with van der Waals surface area (Å²) in [5, 5.41) is 2.25. The lowest BCUT2D eigenvalue weighted by molar-refractivity contribution is 0.0998. The number of sulfonamides is 1. The zero-order valence-corrected chi connectivity index (χ0v) is 18.8. The van der Waals surface area contributed by atoms with Crippen LogP contribution in [-0.4, -0.2) is 36.3 Å². The van der Waals surface area contributed by atoms with Crippen LogP contribution in [0.25, 0.3) is 21.0 Å². The molecule has 1 aromatic heterocycles. The number of fused-ring (bicyclic) bond motifs is 3. The maximum absolute atomic E-state index is 12.8. The Hall–Kier alpha value is -2.81. The first kappa shape index (κ1) is 20.1. The highest BCUT2D eigenvalue weighted by Gasteiger charge is 2.35. The Bertz CT molecular complexity index is 1490. The van der Waals surface area contributed by atoms with E-state index in [1.54, 1.807) is 7.05 Å². The molecule has 158 valence electrons. The van der Waals surface area contributed by atoms with Gasteiger partial charge in [0.2, 0.25) is 10.0 Å². The molecule has 0 radical (unpaired) electrons. The van der Waals surface area contributed by atoms with Crippen LogP contribution in [0.3, 0.4) is 0 Å². The number of aromatic nitrogens is 1. The van der Waals surface area contributed by atoms with E-state index in [0.717, 1.165) is 33.8 Å². The van der Waals surface area contributed by atoms with E-state index >= 15 is 0 Å². The van der Waals surface area contributed by atoms with Crippen molar-refractivity contribution in [1.82, 2.24) is 8.87 Å². The van der Waals surface area contributed by atoms with Crippen molar-refractivity contribution < 1.29 is 13.2 Å². The number of carbonyl (C=O) groups is 1. The summed E-state index contributed by atoms with van der Waals surface area (Å²) in [4.78, 5) is 17.9. The number of thiazole rings is 1. The molecule has 4 aromatic rings. The third-order valence-electron chi connectivity index (χ3n) is 5.72. The van der Waals surface area contributed by atoms with Gasteiger partial charge < -0.3 is 4.57 Å². The van der Waals surface area contributed by atoms with Crippen molar-refractivity contribution >= 4 is 48.3 Å². The summed E-state index contributed by atoms with van der Waals surface area (Å²) in [7, 11) is -0.0253. The maximum Gasteiger partial charge on any atom is 0.279 e. The van der Waals surface area contributed by atoms with Crippen LogP contribution in [0.15, 0.2) is 70.6 Å². The normalized spacial score (nSPS) is 15.3. The van der Waals surface area contributed by atoms with Crippen LogP contribution in [-0.2, 0) is 17.1 Å². The van der Waals surface area contributed by atoms with Gasteiger partial charge in [0.1, 0.15) is 0 Å². The molecule has 1 saturated carbocycles. The highest BCUT2D eigenvalue weighted by atomic mass is 32.2. The Balaban J connectivity index is 1.50. The molecule has 0 saturated heterocycles. The molecule has 0 unspecified atom stereocenters. The van der Waals surface area contributed by atoms with Crippen LogP contribution in [0.1, 0.15) is 23.2 Å². The lowest BCUT2D eigenvalue weighted by atomic mass is 10.1. The zero-order chi connectivity index (χ0) is 21.8. The third-order valence-corrected chi connectivity index (χ3v) is 8.75. The van der Waals surface area contributed by atoms with E-state index in [9.17, 15) is 13.2 Å². The van der Waals surface area contributed by atoms with Gasteiger partial charge in [-0.3, -0.25) is 4.79 Å². The number of amides is 1.